The zero-order valence-electron chi connectivity index (χ0n) is 13.8. The highest BCUT2D eigenvalue weighted by Crippen LogP contribution is 2.30. The predicted molar refractivity (Wildman–Crippen MR) is 83.3 cm³/mol. The Morgan fingerprint density at radius 3 is 2.35 bits per heavy atom. The van der Waals surface area contributed by atoms with E-state index < -0.39 is 38.2 Å². The van der Waals surface area contributed by atoms with E-state index >= 15 is 0 Å². The topological polar surface area (TPSA) is 92.7 Å². The van der Waals surface area contributed by atoms with Crippen LogP contribution in [0.15, 0.2) is 23.1 Å². The quantitative estimate of drug-likeness (QED) is 0.789. The Labute approximate surface area is 135 Å². The van der Waals surface area contributed by atoms with Crippen molar-refractivity contribution in [1.82, 2.24) is 4.72 Å². The van der Waals surface area contributed by atoms with Gasteiger partial charge in [0.25, 0.3) is 0 Å². The second kappa shape index (κ2) is 6.84. The highest BCUT2D eigenvalue weighted by atomic mass is 32.2. The molecule has 0 saturated heterocycles. The van der Waals surface area contributed by atoms with Gasteiger partial charge in [-0.05, 0) is 31.9 Å². The number of carboxylic acid groups (broad SMARTS) is 1. The number of halogens is 1. The average molecular weight is 347 g/mol. The number of benzene rings is 1. The van der Waals surface area contributed by atoms with E-state index in [4.69, 9.17) is 4.74 Å². The van der Waals surface area contributed by atoms with Crippen molar-refractivity contribution >= 4 is 16.0 Å². The summed E-state index contributed by atoms with van der Waals surface area (Å²) in [4.78, 5) is 10.8. The zero-order valence-corrected chi connectivity index (χ0v) is 14.6. The molecule has 1 atom stereocenters. The Balaban J connectivity index is 3.31. The summed E-state index contributed by atoms with van der Waals surface area (Å²) in [5.41, 5.74) is -1.36. The van der Waals surface area contributed by atoms with Gasteiger partial charge in [0.1, 0.15) is 4.90 Å². The molecule has 0 bridgehead atoms. The van der Waals surface area contributed by atoms with E-state index in [2.05, 4.69) is 4.72 Å². The van der Waals surface area contributed by atoms with E-state index in [0.29, 0.717) is 0 Å². The SMILES string of the molecule is COc1cccc(S(=O)(=O)NC(C(C)C)C(C)(C)C(=O)O)c1F. The fourth-order valence-corrected chi connectivity index (χ4v) is 3.96. The highest BCUT2D eigenvalue weighted by Gasteiger charge is 2.41. The van der Waals surface area contributed by atoms with Crippen LogP contribution in [0, 0.1) is 17.2 Å². The fourth-order valence-electron chi connectivity index (χ4n) is 2.34. The molecule has 1 unspecified atom stereocenters. The molecule has 0 heterocycles. The molecule has 0 saturated carbocycles. The maximum absolute atomic E-state index is 14.2. The van der Waals surface area contributed by atoms with Gasteiger partial charge >= 0.3 is 5.97 Å². The molecule has 130 valence electrons. The minimum absolute atomic E-state index is 0.202. The van der Waals surface area contributed by atoms with Crippen molar-refractivity contribution in [2.75, 3.05) is 7.11 Å². The van der Waals surface area contributed by atoms with Gasteiger partial charge in [-0.1, -0.05) is 19.9 Å². The Morgan fingerprint density at radius 1 is 1.35 bits per heavy atom. The lowest BCUT2D eigenvalue weighted by Crippen LogP contribution is -2.51. The predicted octanol–water partition coefficient (Wildman–Crippen LogP) is 2.25. The molecule has 0 radical (unpaired) electrons. The van der Waals surface area contributed by atoms with Crippen molar-refractivity contribution in [3.05, 3.63) is 24.0 Å². The van der Waals surface area contributed by atoms with Gasteiger partial charge in [-0.3, -0.25) is 4.79 Å². The number of ether oxygens (including phenoxy) is 1. The number of carbonyl (C=O) groups is 1. The number of hydrogen-bond donors (Lipinski definition) is 2. The number of carboxylic acids is 1. The molecule has 2 N–H and O–H groups in total. The van der Waals surface area contributed by atoms with E-state index in [1.165, 1.54) is 33.1 Å². The van der Waals surface area contributed by atoms with Crippen molar-refractivity contribution in [2.24, 2.45) is 11.3 Å². The van der Waals surface area contributed by atoms with Crippen molar-refractivity contribution in [3.63, 3.8) is 0 Å². The van der Waals surface area contributed by atoms with Crippen LogP contribution in [0.4, 0.5) is 4.39 Å². The average Bonchev–Trinajstić information content (AvgIpc) is 2.44. The summed E-state index contributed by atoms with van der Waals surface area (Å²) in [5, 5.41) is 9.34. The van der Waals surface area contributed by atoms with Crippen molar-refractivity contribution < 1.29 is 27.4 Å². The van der Waals surface area contributed by atoms with Crippen LogP contribution in [-0.4, -0.2) is 32.6 Å². The molecule has 6 nitrogen and oxygen atoms in total. The third-order valence-corrected chi connectivity index (χ3v) is 5.17. The lowest BCUT2D eigenvalue weighted by molar-refractivity contribution is -0.149. The smallest absolute Gasteiger partial charge is 0.310 e. The minimum atomic E-state index is -4.25. The molecular formula is C15H22FNO5S. The van der Waals surface area contributed by atoms with Crippen LogP contribution >= 0.6 is 0 Å². The monoisotopic (exact) mass is 347 g/mol. The first kappa shape index (κ1) is 19.4. The normalized spacial score (nSPS) is 13.9. The molecular weight excluding hydrogens is 325 g/mol. The van der Waals surface area contributed by atoms with Crippen LogP contribution in [0.3, 0.4) is 0 Å². The molecule has 0 aliphatic heterocycles. The van der Waals surface area contributed by atoms with Gasteiger partial charge in [0.05, 0.1) is 12.5 Å². The van der Waals surface area contributed by atoms with E-state index in [9.17, 15) is 22.7 Å². The number of hydrogen-bond acceptors (Lipinski definition) is 4. The summed E-state index contributed by atoms with van der Waals surface area (Å²) in [6, 6.07) is 2.83. The van der Waals surface area contributed by atoms with Crippen LogP contribution in [0.25, 0.3) is 0 Å². The molecule has 1 aromatic carbocycles. The largest absolute Gasteiger partial charge is 0.494 e. The molecule has 0 amide bonds. The molecule has 1 rings (SSSR count). The molecule has 0 fully saturated rings. The molecule has 8 heteroatoms. The van der Waals surface area contributed by atoms with Crippen molar-refractivity contribution in [1.29, 1.82) is 0 Å². The summed E-state index contributed by atoms with van der Waals surface area (Å²) in [7, 11) is -3.02. The van der Waals surface area contributed by atoms with Crippen LogP contribution in [0.2, 0.25) is 0 Å². The number of sulfonamides is 1. The van der Waals surface area contributed by atoms with Crippen LogP contribution in [0.5, 0.6) is 5.75 Å². The summed E-state index contributed by atoms with van der Waals surface area (Å²) in [5.74, 6) is -2.68. The minimum Gasteiger partial charge on any atom is -0.494 e. The van der Waals surface area contributed by atoms with Gasteiger partial charge in [-0.25, -0.2) is 17.5 Å². The van der Waals surface area contributed by atoms with Crippen LogP contribution < -0.4 is 9.46 Å². The van der Waals surface area contributed by atoms with Crippen LogP contribution in [0.1, 0.15) is 27.7 Å². The zero-order chi connectivity index (χ0) is 18.0. The van der Waals surface area contributed by atoms with Gasteiger partial charge in [0, 0.05) is 6.04 Å². The van der Waals surface area contributed by atoms with Gasteiger partial charge < -0.3 is 9.84 Å². The first-order valence-corrected chi connectivity index (χ1v) is 8.51. The first-order chi connectivity index (χ1) is 10.4. The molecule has 0 aliphatic rings. The van der Waals surface area contributed by atoms with Gasteiger partial charge in [-0.2, -0.15) is 0 Å². The third-order valence-electron chi connectivity index (χ3n) is 3.71. The Hall–Kier alpha value is -1.67. The summed E-state index contributed by atoms with van der Waals surface area (Å²) in [6.07, 6.45) is 0. The number of nitrogens with one attached hydrogen (secondary N) is 1. The molecule has 0 spiro atoms. The second-order valence-corrected chi connectivity index (χ2v) is 7.82. The summed E-state index contributed by atoms with van der Waals surface area (Å²) in [6.45, 7) is 6.23. The summed E-state index contributed by atoms with van der Waals surface area (Å²) >= 11 is 0. The Bertz CT molecular complexity index is 685. The Morgan fingerprint density at radius 2 is 1.91 bits per heavy atom. The van der Waals surface area contributed by atoms with Crippen molar-refractivity contribution in [3.8, 4) is 5.75 Å². The van der Waals surface area contributed by atoms with Crippen LogP contribution in [-0.2, 0) is 14.8 Å². The maximum atomic E-state index is 14.2. The first-order valence-electron chi connectivity index (χ1n) is 7.03. The highest BCUT2D eigenvalue weighted by molar-refractivity contribution is 7.89. The molecule has 23 heavy (non-hydrogen) atoms. The number of aliphatic carboxylic acids is 1. The van der Waals surface area contributed by atoms with E-state index in [1.54, 1.807) is 13.8 Å². The van der Waals surface area contributed by atoms with Gasteiger partial charge in [0.15, 0.2) is 11.6 Å². The van der Waals surface area contributed by atoms with E-state index in [0.717, 1.165) is 6.07 Å². The molecule has 0 aromatic heterocycles. The van der Waals surface area contributed by atoms with E-state index in [1.807, 2.05) is 0 Å². The number of methoxy groups -OCH3 is 1. The Kier molecular flexibility index (Phi) is 5.76. The summed E-state index contributed by atoms with van der Waals surface area (Å²) < 4.78 is 46.3. The second-order valence-electron chi connectivity index (χ2n) is 6.14. The number of rotatable bonds is 7. The third kappa shape index (κ3) is 4.00. The standard InChI is InChI=1S/C15H22FNO5S/c1-9(2)13(15(3,4)14(18)19)17-23(20,21)11-8-6-7-10(22-5)12(11)16/h6-9,13,17H,1-5H3,(H,18,19). The van der Waals surface area contributed by atoms with E-state index in [-0.39, 0.29) is 11.7 Å². The lowest BCUT2D eigenvalue weighted by atomic mass is 9.79. The lowest BCUT2D eigenvalue weighted by Gasteiger charge is -2.33. The van der Waals surface area contributed by atoms with Gasteiger partial charge in [-0.15, -0.1) is 0 Å². The molecule has 0 aliphatic carbocycles. The fraction of sp³-hybridized carbons (Fsp3) is 0.533. The molecule has 1 aromatic rings. The van der Waals surface area contributed by atoms with Gasteiger partial charge in [0.2, 0.25) is 10.0 Å². The van der Waals surface area contributed by atoms with Crippen molar-refractivity contribution in [2.45, 2.75) is 38.6 Å². The maximum Gasteiger partial charge on any atom is 0.310 e.